The number of hydrogen-bond donors (Lipinski definition) is 1. The average Bonchev–Trinajstić information content (AvgIpc) is 3.34. The van der Waals surface area contributed by atoms with Crippen LogP contribution < -0.4 is 9.46 Å². The molecular weight excluding hydrogens is 396 g/mol. The summed E-state index contributed by atoms with van der Waals surface area (Å²) in [5, 5.41) is 15.9. The van der Waals surface area contributed by atoms with E-state index in [1.54, 1.807) is 41.1 Å². The van der Waals surface area contributed by atoms with Crippen LogP contribution in [0.2, 0.25) is 0 Å². The van der Waals surface area contributed by atoms with E-state index in [1.807, 2.05) is 19.9 Å². The number of nitrogens with zero attached hydrogens (tertiary/aromatic N) is 5. The van der Waals surface area contributed by atoms with Gasteiger partial charge in [0.25, 0.3) is 10.0 Å². The van der Waals surface area contributed by atoms with Crippen LogP contribution in [0.5, 0.6) is 11.6 Å². The van der Waals surface area contributed by atoms with Crippen LogP contribution in [0.4, 0.5) is 5.69 Å². The highest BCUT2D eigenvalue weighted by Crippen LogP contribution is 2.23. The van der Waals surface area contributed by atoms with Crippen molar-refractivity contribution >= 4 is 15.7 Å². The van der Waals surface area contributed by atoms with E-state index in [2.05, 4.69) is 29.7 Å². The summed E-state index contributed by atoms with van der Waals surface area (Å²) in [4.78, 5) is -0.0594. The van der Waals surface area contributed by atoms with E-state index in [4.69, 9.17) is 4.74 Å². The molecule has 0 saturated carbocycles. The first-order valence-corrected chi connectivity index (χ1v) is 9.96. The van der Waals surface area contributed by atoms with Crippen molar-refractivity contribution < 1.29 is 17.7 Å². The van der Waals surface area contributed by atoms with Gasteiger partial charge in [0, 0.05) is 17.4 Å². The Balaban J connectivity index is 1.44. The second-order valence-corrected chi connectivity index (χ2v) is 7.84. The molecule has 0 atom stereocenters. The Morgan fingerprint density at radius 2 is 1.86 bits per heavy atom. The fourth-order valence-corrected chi connectivity index (χ4v) is 3.51. The predicted octanol–water partition coefficient (Wildman–Crippen LogP) is 2.86. The molecule has 0 radical (unpaired) electrons. The summed E-state index contributed by atoms with van der Waals surface area (Å²) < 4.78 is 38.6. The van der Waals surface area contributed by atoms with Gasteiger partial charge in [-0.1, -0.05) is 5.16 Å². The van der Waals surface area contributed by atoms with Crippen molar-refractivity contribution in [3.05, 3.63) is 66.3 Å². The number of rotatable bonds is 6. The van der Waals surface area contributed by atoms with Crippen LogP contribution in [0.1, 0.15) is 11.4 Å². The third-order valence-corrected chi connectivity index (χ3v) is 5.23. The predicted molar refractivity (Wildman–Crippen MR) is 102 cm³/mol. The molecule has 11 heteroatoms. The van der Waals surface area contributed by atoms with E-state index in [0.717, 1.165) is 23.8 Å². The fraction of sp³-hybridized carbons (Fsp3) is 0.111. The maximum Gasteiger partial charge on any atom is 0.266 e. The highest BCUT2D eigenvalue weighted by molar-refractivity contribution is 7.92. The first-order chi connectivity index (χ1) is 13.9. The number of nitrogens with one attached hydrogen (secondary N) is 1. The summed E-state index contributed by atoms with van der Waals surface area (Å²) in [7, 11) is -3.75. The molecule has 3 aromatic heterocycles. The summed E-state index contributed by atoms with van der Waals surface area (Å²) in [5.74, 6) is 1.36. The first-order valence-electron chi connectivity index (χ1n) is 8.48. The Hall–Kier alpha value is -3.73. The Bertz CT molecular complexity index is 1220. The molecule has 29 heavy (non-hydrogen) atoms. The van der Waals surface area contributed by atoms with Gasteiger partial charge in [0.2, 0.25) is 5.88 Å². The van der Waals surface area contributed by atoms with Gasteiger partial charge in [-0.2, -0.15) is 5.10 Å². The standard InChI is InChI=1S/C18H16N6O4S/c1-12-9-13(2)24(22-12)17-7-8-18(21-20-17)28-15-5-3-14(4-6-15)23-29(25,26)16-10-19-27-11-16/h3-11,23H,1-2H3. The summed E-state index contributed by atoms with van der Waals surface area (Å²) in [6, 6.07) is 11.7. The minimum Gasteiger partial charge on any atom is -0.438 e. The SMILES string of the molecule is Cc1cc(C)n(-c2ccc(Oc3ccc(NS(=O)(=O)c4cnoc4)cc3)nn2)n1. The van der Waals surface area contributed by atoms with Crippen LogP contribution in [0, 0.1) is 13.8 Å². The third-order valence-electron chi connectivity index (χ3n) is 3.90. The lowest BCUT2D eigenvalue weighted by atomic mass is 10.3. The molecule has 0 unspecified atom stereocenters. The summed E-state index contributed by atoms with van der Waals surface area (Å²) in [6.07, 6.45) is 2.17. The van der Waals surface area contributed by atoms with Gasteiger partial charge in [0.15, 0.2) is 5.82 Å². The highest BCUT2D eigenvalue weighted by atomic mass is 32.2. The third kappa shape index (κ3) is 4.09. The molecule has 1 N–H and O–H groups in total. The van der Waals surface area contributed by atoms with Gasteiger partial charge in [-0.3, -0.25) is 4.72 Å². The highest BCUT2D eigenvalue weighted by Gasteiger charge is 2.16. The first kappa shape index (κ1) is 18.6. The largest absolute Gasteiger partial charge is 0.438 e. The molecule has 4 rings (SSSR count). The minimum atomic E-state index is -3.75. The van der Waals surface area contributed by atoms with E-state index >= 15 is 0 Å². The van der Waals surface area contributed by atoms with Crippen molar-refractivity contribution in [2.75, 3.05) is 4.72 Å². The van der Waals surface area contributed by atoms with E-state index in [-0.39, 0.29) is 4.90 Å². The van der Waals surface area contributed by atoms with Crippen LogP contribution in [-0.4, -0.2) is 33.6 Å². The number of aromatic nitrogens is 5. The number of hydrogen-bond acceptors (Lipinski definition) is 8. The number of benzene rings is 1. The minimum absolute atomic E-state index is 0.0594. The molecule has 0 aliphatic heterocycles. The number of anilines is 1. The monoisotopic (exact) mass is 412 g/mol. The molecule has 0 amide bonds. The summed E-state index contributed by atoms with van der Waals surface area (Å²) in [5.41, 5.74) is 2.21. The number of sulfonamides is 1. The lowest BCUT2D eigenvalue weighted by Crippen LogP contribution is -2.11. The number of aryl methyl sites for hydroxylation is 2. The Kier molecular flexibility index (Phi) is 4.72. The maximum atomic E-state index is 12.1. The molecule has 4 aromatic rings. The second-order valence-electron chi connectivity index (χ2n) is 6.16. The average molecular weight is 412 g/mol. The van der Waals surface area contributed by atoms with Gasteiger partial charge in [-0.15, -0.1) is 10.2 Å². The van der Waals surface area contributed by atoms with E-state index in [0.29, 0.717) is 23.1 Å². The maximum absolute atomic E-state index is 12.1. The molecule has 0 aliphatic carbocycles. The van der Waals surface area contributed by atoms with Crippen molar-refractivity contribution in [2.24, 2.45) is 0 Å². The summed E-state index contributed by atoms with van der Waals surface area (Å²) in [6.45, 7) is 3.84. The van der Waals surface area contributed by atoms with Crippen molar-refractivity contribution in [3.63, 3.8) is 0 Å². The normalized spacial score (nSPS) is 11.4. The van der Waals surface area contributed by atoms with Gasteiger partial charge in [-0.05, 0) is 50.2 Å². The molecule has 0 fully saturated rings. The van der Waals surface area contributed by atoms with Crippen LogP contribution in [0.25, 0.3) is 5.82 Å². The van der Waals surface area contributed by atoms with Gasteiger partial charge < -0.3 is 9.26 Å². The van der Waals surface area contributed by atoms with E-state index in [9.17, 15) is 8.42 Å². The van der Waals surface area contributed by atoms with Gasteiger partial charge in [0.05, 0.1) is 11.9 Å². The fourth-order valence-electron chi connectivity index (χ4n) is 2.59. The van der Waals surface area contributed by atoms with Crippen molar-refractivity contribution in [1.82, 2.24) is 25.1 Å². The molecule has 0 aliphatic rings. The molecule has 10 nitrogen and oxygen atoms in total. The van der Waals surface area contributed by atoms with Crippen LogP contribution >= 0.6 is 0 Å². The molecule has 0 bridgehead atoms. The molecular formula is C18H16N6O4S. The zero-order valence-corrected chi connectivity index (χ0v) is 16.3. The van der Waals surface area contributed by atoms with E-state index < -0.39 is 10.0 Å². The molecule has 3 heterocycles. The van der Waals surface area contributed by atoms with Gasteiger partial charge >= 0.3 is 0 Å². The van der Waals surface area contributed by atoms with Crippen molar-refractivity contribution in [2.45, 2.75) is 18.7 Å². The second kappa shape index (κ2) is 7.36. The quantitative estimate of drug-likeness (QED) is 0.512. The topological polar surface area (TPSA) is 125 Å². The van der Waals surface area contributed by atoms with Crippen LogP contribution in [0.15, 0.2) is 64.3 Å². The van der Waals surface area contributed by atoms with Crippen molar-refractivity contribution in [3.8, 4) is 17.4 Å². The zero-order chi connectivity index (χ0) is 20.4. The smallest absolute Gasteiger partial charge is 0.266 e. The Morgan fingerprint density at radius 3 is 2.45 bits per heavy atom. The molecule has 1 aromatic carbocycles. The molecule has 148 valence electrons. The Labute approximate surface area is 166 Å². The zero-order valence-electron chi connectivity index (χ0n) is 15.5. The summed E-state index contributed by atoms with van der Waals surface area (Å²) >= 11 is 0. The Morgan fingerprint density at radius 1 is 1.07 bits per heavy atom. The van der Waals surface area contributed by atoms with Gasteiger partial charge in [0.1, 0.15) is 16.9 Å². The van der Waals surface area contributed by atoms with Crippen LogP contribution in [-0.2, 0) is 10.0 Å². The van der Waals surface area contributed by atoms with Crippen molar-refractivity contribution in [1.29, 1.82) is 0 Å². The number of ether oxygens (including phenoxy) is 1. The lowest BCUT2D eigenvalue weighted by molar-refractivity contribution is 0.417. The lowest BCUT2D eigenvalue weighted by Gasteiger charge is -2.08. The van der Waals surface area contributed by atoms with Crippen LogP contribution in [0.3, 0.4) is 0 Å². The molecule has 0 spiro atoms. The van der Waals surface area contributed by atoms with E-state index in [1.165, 1.54) is 0 Å². The van der Waals surface area contributed by atoms with Gasteiger partial charge in [-0.25, -0.2) is 13.1 Å². The molecule has 0 saturated heterocycles.